The molecule has 0 aromatic heterocycles. The Bertz CT molecular complexity index is 631. The summed E-state index contributed by atoms with van der Waals surface area (Å²) >= 11 is 0. The maximum absolute atomic E-state index is 12.6. The summed E-state index contributed by atoms with van der Waals surface area (Å²) < 4.78 is 5.81. The molecule has 6 nitrogen and oxygen atoms in total. The zero-order valence-electron chi connectivity index (χ0n) is 16.4. The largest absolute Gasteiger partial charge is 0.483 e. The molecule has 2 N–H and O–H groups in total. The number of amides is 2. The zero-order valence-corrected chi connectivity index (χ0v) is 16.4. The van der Waals surface area contributed by atoms with Crippen LogP contribution in [0.1, 0.15) is 47.7 Å². The molecule has 0 aliphatic carbocycles. The van der Waals surface area contributed by atoms with Gasteiger partial charge in [-0.05, 0) is 63.3 Å². The van der Waals surface area contributed by atoms with Gasteiger partial charge in [0.1, 0.15) is 5.75 Å². The summed E-state index contributed by atoms with van der Waals surface area (Å²) in [6.45, 7) is 7.81. The van der Waals surface area contributed by atoms with E-state index in [0.717, 1.165) is 37.1 Å². The smallest absolute Gasteiger partial charge is 0.260 e. The van der Waals surface area contributed by atoms with Crippen molar-refractivity contribution < 1.29 is 14.3 Å². The van der Waals surface area contributed by atoms with Crippen LogP contribution in [0.25, 0.3) is 0 Å². The van der Waals surface area contributed by atoms with Gasteiger partial charge in [0.2, 0.25) is 0 Å². The topological polar surface area (TPSA) is 75.9 Å². The lowest BCUT2D eigenvalue weighted by molar-refractivity contribution is -0.134. The molecule has 0 radical (unpaired) electrons. The Kier molecular flexibility index (Phi) is 7.03. The van der Waals surface area contributed by atoms with Crippen molar-refractivity contribution in [3.05, 3.63) is 28.8 Å². The van der Waals surface area contributed by atoms with E-state index in [2.05, 4.69) is 0 Å². The molecule has 6 heteroatoms. The van der Waals surface area contributed by atoms with Crippen molar-refractivity contribution in [3.63, 3.8) is 0 Å². The van der Waals surface area contributed by atoms with Crippen LogP contribution in [0.15, 0.2) is 12.1 Å². The van der Waals surface area contributed by atoms with Crippen LogP contribution < -0.4 is 10.5 Å². The van der Waals surface area contributed by atoms with Crippen molar-refractivity contribution in [2.75, 3.05) is 33.3 Å². The lowest BCUT2D eigenvalue weighted by Gasteiger charge is -2.27. The molecule has 1 heterocycles. The summed E-state index contributed by atoms with van der Waals surface area (Å²) in [5.41, 5.74) is 7.97. The van der Waals surface area contributed by atoms with Gasteiger partial charge in [-0.3, -0.25) is 9.59 Å². The number of nitrogens with zero attached hydrogens (tertiary/aromatic N) is 2. The van der Waals surface area contributed by atoms with Crippen molar-refractivity contribution in [3.8, 4) is 5.75 Å². The fourth-order valence-electron chi connectivity index (χ4n) is 3.23. The van der Waals surface area contributed by atoms with E-state index in [1.54, 1.807) is 11.9 Å². The van der Waals surface area contributed by atoms with E-state index in [1.165, 1.54) is 6.42 Å². The van der Waals surface area contributed by atoms with Crippen molar-refractivity contribution in [1.29, 1.82) is 0 Å². The van der Waals surface area contributed by atoms with Gasteiger partial charge in [0.15, 0.2) is 6.61 Å². The van der Waals surface area contributed by atoms with Crippen LogP contribution in [0, 0.1) is 13.8 Å². The van der Waals surface area contributed by atoms with Crippen molar-refractivity contribution >= 4 is 11.8 Å². The first-order valence-electron chi connectivity index (χ1n) is 9.34. The average molecular weight is 361 g/mol. The first kappa shape index (κ1) is 20.2. The average Bonchev–Trinajstić information content (AvgIpc) is 2.65. The molecule has 1 fully saturated rings. The molecule has 0 saturated carbocycles. The van der Waals surface area contributed by atoms with Crippen LogP contribution in [0.5, 0.6) is 5.75 Å². The van der Waals surface area contributed by atoms with E-state index in [-0.39, 0.29) is 24.5 Å². The monoisotopic (exact) mass is 361 g/mol. The van der Waals surface area contributed by atoms with E-state index < -0.39 is 0 Å². The summed E-state index contributed by atoms with van der Waals surface area (Å²) in [4.78, 5) is 28.4. The number of hydrogen-bond acceptors (Lipinski definition) is 4. The van der Waals surface area contributed by atoms with Crippen molar-refractivity contribution in [2.45, 2.75) is 46.1 Å². The molecule has 1 aliphatic rings. The Balaban J connectivity index is 2.06. The number of carbonyl (C=O) groups excluding carboxylic acids is 2. The molecule has 2 amide bonds. The summed E-state index contributed by atoms with van der Waals surface area (Å²) in [7, 11) is 1.76. The van der Waals surface area contributed by atoms with Crippen LogP contribution in [0.3, 0.4) is 0 Å². The molecule has 0 bridgehead atoms. The maximum Gasteiger partial charge on any atom is 0.260 e. The quantitative estimate of drug-likeness (QED) is 0.842. The van der Waals surface area contributed by atoms with Gasteiger partial charge in [-0.15, -0.1) is 0 Å². The number of likely N-dealkylation sites (N-methyl/N-ethyl adjacent to an activating group) is 1. The SMILES string of the molecule is Cc1cc(C(=O)N(C)C(C)CN)cc(C)c1OCC(=O)N1CCCCC1. The number of carbonyl (C=O) groups is 2. The Morgan fingerprint density at radius 3 is 2.31 bits per heavy atom. The first-order chi connectivity index (χ1) is 12.3. The van der Waals surface area contributed by atoms with Crippen LogP contribution in [0.2, 0.25) is 0 Å². The van der Waals surface area contributed by atoms with Crippen LogP contribution >= 0.6 is 0 Å². The second-order valence-electron chi connectivity index (χ2n) is 7.17. The third kappa shape index (κ3) is 4.75. The molecule has 0 spiro atoms. The fraction of sp³-hybridized carbons (Fsp3) is 0.600. The minimum Gasteiger partial charge on any atom is -0.483 e. The lowest BCUT2D eigenvalue weighted by atomic mass is 10.0. The van der Waals surface area contributed by atoms with E-state index in [9.17, 15) is 9.59 Å². The molecule has 1 saturated heterocycles. The number of likely N-dealkylation sites (tertiary alicyclic amines) is 1. The molecule has 1 unspecified atom stereocenters. The molecule has 1 aromatic rings. The number of aryl methyl sites for hydroxylation is 2. The molecule has 1 aliphatic heterocycles. The number of hydrogen-bond donors (Lipinski definition) is 1. The number of rotatable bonds is 6. The zero-order chi connectivity index (χ0) is 19.3. The Hall–Kier alpha value is -2.08. The maximum atomic E-state index is 12.6. The highest BCUT2D eigenvalue weighted by Gasteiger charge is 2.20. The van der Waals surface area contributed by atoms with Gasteiger partial charge in [-0.25, -0.2) is 0 Å². The van der Waals surface area contributed by atoms with Gasteiger partial charge in [-0.2, -0.15) is 0 Å². The van der Waals surface area contributed by atoms with Gasteiger partial charge < -0.3 is 20.3 Å². The molecule has 2 rings (SSSR count). The molecule has 26 heavy (non-hydrogen) atoms. The van der Waals surface area contributed by atoms with E-state index >= 15 is 0 Å². The van der Waals surface area contributed by atoms with E-state index in [4.69, 9.17) is 10.5 Å². The minimum absolute atomic E-state index is 0.0267. The summed E-state index contributed by atoms with van der Waals surface area (Å²) in [5, 5.41) is 0. The fourth-order valence-corrected chi connectivity index (χ4v) is 3.23. The molecule has 1 atom stereocenters. The molecule has 1 aromatic carbocycles. The van der Waals surface area contributed by atoms with Gasteiger partial charge in [0.05, 0.1) is 0 Å². The van der Waals surface area contributed by atoms with Crippen molar-refractivity contribution in [1.82, 2.24) is 9.80 Å². The predicted octanol–water partition coefficient (Wildman–Crippen LogP) is 2.11. The van der Waals surface area contributed by atoms with Gasteiger partial charge in [-0.1, -0.05) is 0 Å². The van der Waals surface area contributed by atoms with Crippen molar-refractivity contribution in [2.24, 2.45) is 5.73 Å². The molecular formula is C20H31N3O3. The second kappa shape index (κ2) is 9.03. The number of ether oxygens (including phenoxy) is 1. The Labute approximate surface area is 156 Å². The predicted molar refractivity (Wildman–Crippen MR) is 102 cm³/mol. The summed E-state index contributed by atoms with van der Waals surface area (Å²) in [6.07, 6.45) is 3.32. The number of nitrogens with two attached hydrogens (primary N) is 1. The normalized spacial score (nSPS) is 15.5. The van der Waals surface area contributed by atoms with E-state index in [1.807, 2.05) is 37.8 Å². The lowest BCUT2D eigenvalue weighted by Crippen LogP contribution is -2.39. The summed E-state index contributed by atoms with van der Waals surface area (Å²) in [5.74, 6) is 0.645. The van der Waals surface area contributed by atoms with E-state index in [0.29, 0.717) is 17.9 Å². The van der Waals surface area contributed by atoms with Crippen LogP contribution in [-0.2, 0) is 4.79 Å². The Morgan fingerprint density at radius 1 is 1.19 bits per heavy atom. The van der Waals surface area contributed by atoms with Gasteiger partial charge in [0.25, 0.3) is 11.8 Å². The number of piperidine rings is 1. The summed E-state index contributed by atoms with van der Waals surface area (Å²) in [6, 6.07) is 3.60. The second-order valence-corrected chi connectivity index (χ2v) is 7.17. The molecule has 144 valence electrons. The van der Waals surface area contributed by atoms with Crippen LogP contribution in [-0.4, -0.2) is 60.9 Å². The highest BCUT2D eigenvalue weighted by Crippen LogP contribution is 2.26. The molecular weight excluding hydrogens is 330 g/mol. The van der Waals surface area contributed by atoms with Gasteiger partial charge >= 0.3 is 0 Å². The third-order valence-electron chi connectivity index (χ3n) is 5.08. The van der Waals surface area contributed by atoms with Crippen LogP contribution in [0.4, 0.5) is 0 Å². The number of benzene rings is 1. The Morgan fingerprint density at radius 2 is 1.77 bits per heavy atom. The third-order valence-corrected chi connectivity index (χ3v) is 5.08. The minimum atomic E-state index is -0.0647. The highest BCUT2D eigenvalue weighted by atomic mass is 16.5. The first-order valence-corrected chi connectivity index (χ1v) is 9.34. The highest BCUT2D eigenvalue weighted by molar-refractivity contribution is 5.95. The van der Waals surface area contributed by atoms with Gasteiger partial charge in [0, 0.05) is 38.3 Å². The standard InChI is InChI=1S/C20H31N3O3/c1-14-10-17(20(25)22(4)16(3)12-21)11-15(2)19(14)26-13-18(24)23-8-6-5-7-9-23/h10-11,16H,5-9,12-13,21H2,1-4H3.